The lowest BCUT2D eigenvalue weighted by molar-refractivity contribution is 0.294. The third-order valence-corrected chi connectivity index (χ3v) is 6.03. The molecule has 0 spiro atoms. The summed E-state index contributed by atoms with van der Waals surface area (Å²) in [5.74, 6) is 6.37. The van der Waals surface area contributed by atoms with E-state index in [0.29, 0.717) is 6.54 Å². The highest BCUT2D eigenvalue weighted by Crippen LogP contribution is 2.29. The van der Waals surface area contributed by atoms with Crippen molar-refractivity contribution in [2.75, 3.05) is 38.0 Å². The van der Waals surface area contributed by atoms with E-state index in [-0.39, 0.29) is 6.17 Å². The van der Waals surface area contributed by atoms with Gasteiger partial charge in [0.1, 0.15) is 6.17 Å². The van der Waals surface area contributed by atoms with Crippen LogP contribution < -0.4 is 26.3 Å². The van der Waals surface area contributed by atoms with Crippen molar-refractivity contribution < 1.29 is 0 Å². The fourth-order valence-corrected chi connectivity index (χ4v) is 4.00. The minimum atomic E-state index is -0.127. The molecule has 0 aromatic heterocycles. The first kappa shape index (κ1) is 23.3. The van der Waals surface area contributed by atoms with Crippen LogP contribution in [-0.2, 0) is 6.54 Å². The quantitative estimate of drug-likeness (QED) is 0.440. The van der Waals surface area contributed by atoms with E-state index in [1.165, 1.54) is 5.56 Å². The van der Waals surface area contributed by atoms with Gasteiger partial charge in [0.2, 0.25) is 0 Å². The van der Waals surface area contributed by atoms with E-state index in [0.717, 1.165) is 39.5 Å². The number of hydrogen-bond donors (Lipinski definition) is 3. The number of nitrogens with zero attached hydrogens (tertiary/aromatic N) is 3. The number of rotatable bonds is 8. The van der Waals surface area contributed by atoms with Crippen LogP contribution in [0.15, 0.2) is 85.6 Å². The fraction of sp³-hybridized carbons (Fsp3) is 0.214. The highest BCUT2D eigenvalue weighted by Gasteiger charge is 2.24. The van der Waals surface area contributed by atoms with Gasteiger partial charge < -0.3 is 20.4 Å². The second-order valence-corrected chi connectivity index (χ2v) is 9.00. The summed E-state index contributed by atoms with van der Waals surface area (Å²) in [5.41, 5.74) is 8.68. The monoisotopic (exact) mass is 454 g/mol. The van der Waals surface area contributed by atoms with Crippen LogP contribution in [-0.4, -0.2) is 33.2 Å². The summed E-state index contributed by atoms with van der Waals surface area (Å²) in [7, 11) is 8.16. The van der Waals surface area contributed by atoms with Crippen molar-refractivity contribution in [3.05, 3.63) is 108 Å². The lowest BCUT2D eigenvalue weighted by Gasteiger charge is -2.22. The molecule has 0 saturated carbocycles. The molecule has 1 aliphatic rings. The van der Waals surface area contributed by atoms with Crippen LogP contribution in [0.5, 0.6) is 0 Å². The average Bonchev–Trinajstić information content (AvgIpc) is 3.24. The summed E-state index contributed by atoms with van der Waals surface area (Å²) in [6.07, 6.45) is 1.84. The maximum Gasteiger partial charge on any atom is 0.139 e. The third-order valence-electron chi connectivity index (χ3n) is 6.03. The SMILES string of the molecule is C=C(NCc1cccc(C2NC(c3cccc(N(C)C)c3)=CN2N)c1)c1cccc(N(C)C)c1. The predicted octanol–water partition coefficient (Wildman–Crippen LogP) is 4.36. The normalized spacial score (nSPS) is 14.9. The van der Waals surface area contributed by atoms with E-state index >= 15 is 0 Å². The largest absolute Gasteiger partial charge is 0.381 e. The Morgan fingerprint density at radius 1 is 0.941 bits per heavy atom. The van der Waals surface area contributed by atoms with E-state index in [4.69, 9.17) is 5.84 Å². The Morgan fingerprint density at radius 2 is 1.62 bits per heavy atom. The second-order valence-electron chi connectivity index (χ2n) is 9.00. The number of nitrogens with one attached hydrogen (secondary N) is 2. The Kier molecular flexibility index (Phi) is 6.80. The summed E-state index contributed by atoms with van der Waals surface area (Å²) >= 11 is 0. The second kappa shape index (κ2) is 9.93. The first-order valence-electron chi connectivity index (χ1n) is 11.4. The number of hydrazine groups is 1. The zero-order valence-corrected chi connectivity index (χ0v) is 20.4. The van der Waals surface area contributed by atoms with Crippen molar-refractivity contribution >= 4 is 22.8 Å². The van der Waals surface area contributed by atoms with E-state index in [2.05, 4.69) is 99.8 Å². The highest BCUT2D eigenvalue weighted by molar-refractivity contribution is 5.69. The van der Waals surface area contributed by atoms with E-state index in [1.54, 1.807) is 5.01 Å². The van der Waals surface area contributed by atoms with Crippen LogP contribution in [0.4, 0.5) is 11.4 Å². The molecule has 6 nitrogen and oxygen atoms in total. The van der Waals surface area contributed by atoms with Crippen LogP contribution >= 0.6 is 0 Å². The Labute approximate surface area is 202 Å². The first-order chi connectivity index (χ1) is 16.3. The van der Waals surface area contributed by atoms with Gasteiger partial charge in [-0.3, -0.25) is 5.01 Å². The lowest BCUT2D eigenvalue weighted by atomic mass is 10.1. The van der Waals surface area contributed by atoms with Crippen LogP contribution in [0.1, 0.15) is 28.4 Å². The summed E-state index contributed by atoms with van der Waals surface area (Å²) in [4.78, 5) is 4.18. The van der Waals surface area contributed by atoms with Gasteiger partial charge in [0, 0.05) is 63.6 Å². The van der Waals surface area contributed by atoms with Crippen molar-refractivity contribution in [3.63, 3.8) is 0 Å². The summed E-state index contributed by atoms with van der Waals surface area (Å²) in [5, 5.41) is 8.77. The molecule has 4 N–H and O–H groups in total. The van der Waals surface area contributed by atoms with Gasteiger partial charge in [0.15, 0.2) is 0 Å². The highest BCUT2D eigenvalue weighted by atomic mass is 15.5. The van der Waals surface area contributed by atoms with Gasteiger partial charge in [-0.2, -0.15) is 0 Å². The Hall–Kier alpha value is -3.90. The molecule has 0 amide bonds. The van der Waals surface area contributed by atoms with Crippen molar-refractivity contribution in [2.24, 2.45) is 5.84 Å². The molecule has 1 aliphatic heterocycles. The molecular formula is C28H34N6. The maximum atomic E-state index is 6.37. The van der Waals surface area contributed by atoms with Gasteiger partial charge in [-0.05, 0) is 41.0 Å². The number of hydrogen-bond acceptors (Lipinski definition) is 6. The minimum absolute atomic E-state index is 0.127. The molecule has 0 aliphatic carbocycles. The number of benzene rings is 3. The van der Waals surface area contributed by atoms with Gasteiger partial charge in [0.05, 0.1) is 5.70 Å². The molecule has 0 bridgehead atoms. The molecule has 0 radical (unpaired) electrons. The summed E-state index contributed by atoms with van der Waals surface area (Å²) < 4.78 is 0. The molecular weight excluding hydrogens is 420 g/mol. The molecule has 0 fully saturated rings. The van der Waals surface area contributed by atoms with Crippen LogP contribution in [0, 0.1) is 0 Å². The molecule has 1 atom stereocenters. The average molecular weight is 455 g/mol. The van der Waals surface area contributed by atoms with Gasteiger partial charge in [-0.1, -0.05) is 55.1 Å². The Morgan fingerprint density at radius 3 is 2.35 bits per heavy atom. The van der Waals surface area contributed by atoms with Crippen molar-refractivity contribution in [1.82, 2.24) is 15.6 Å². The van der Waals surface area contributed by atoms with Gasteiger partial charge in [0.25, 0.3) is 0 Å². The zero-order chi connectivity index (χ0) is 24.2. The standard InChI is InChI=1S/C28H34N6/c1-20(22-10-7-13-25(16-22)32(2)3)30-18-21-9-6-12-24(15-21)28-31-27(19-34(28)29)23-11-8-14-26(17-23)33(4)5/h6-17,19,28,30-31H,1,18,29H2,2-5H3. The molecule has 4 rings (SSSR count). The van der Waals surface area contributed by atoms with Crippen LogP contribution in [0.2, 0.25) is 0 Å². The topological polar surface area (TPSA) is 59.8 Å². The number of nitrogens with two attached hydrogens (primary N) is 1. The van der Waals surface area contributed by atoms with Crippen molar-refractivity contribution in [2.45, 2.75) is 12.7 Å². The first-order valence-corrected chi connectivity index (χ1v) is 11.4. The molecule has 3 aromatic rings. The minimum Gasteiger partial charge on any atom is -0.381 e. The third kappa shape index (κ3) is 5.18. The smallest absolute Gasteiger partial charge is 0.139 e. The molecule has 1 unspecified atom stereocenters. The van der Waals surface area contributed by atoms with Gasteiger partial charge >= 0.3 is 0 Å². The zero-order valence-electron chi connectivity index (χ0n) is 20.4. The van der Waals surface area contributed by atoms with Gasteiger partial charge in [-0.25, -0.2) is 5.84 Å². The predicted molar refractivity (Wildman–Crippen MR) is 144 cm³/mol. The number of anilines is 2. The molecule has 3 aromatic carbocycles. The fourth-order valence-electron chi connectivity index (χ4n) is 4.00. The van der Waals surface area contributed by atoms with Crippen molar-refractivity contribution in [3.8, 4) is 0 Å². The molecule has 6 heteroatoms. The maximum absolute atomic E-state index is 6.37. The van der Waals surface area contributed by atoms with Gasteiger partial charge in [-0.15, -0.1) is 0 Å². The Bertz CT molecular complexity index is 1200. The molecule has 34 heavy (non-hydrogen) atoms. The van der Waals surface area contributed by atoms with E-state index < -0.39 is 0 Å². The summed E-state index contributed by atoms with van der Waals surface area (Å²) in [6, 6.07) is 25.2. The lowest BCUT2D eigenvalue weighted by Crippen LogP contribution is -2.32. The molecule has 0 saturated heterocycles. The van der Waals surface area contributed by atoms with Crippen LogP contribution in [0.25, 0.3) is 11.4 Å². The molecule has 1 heterocycles. The van der Waals surface area contributed by atoms with E-state index in [1.807, 2.05) is 34.4 Å². The molecule has 176 valence electrons. The van der Waals surface area contributed by atoms with Crippen molar-refractivity contribution in [1.29, 1.82) is 0 Å². The van der Waals surface area contributed by atoms with Crippen LogP contribution in [0.3, 0.4) is 0 Å². The Balaban J connectivity index is 1.43. The van der Waals surface area contributed by atoms with E-state index in [9.17, 15) is 0 Å². The summed E-state index contributed by atoms with van der Waals surface area (Å²) in [6.45, 7) is 4.92.